The van der Waals surface area contributed by atoms with Gasteiger partial charge in [-0.3, -0.25) is 0 Å². The Balaban J connectivity index is 0. The average Bonchev–Trinajstić information content (AvgIpc) is 2.64. The SMILES string of the molecule is CC(O)CCCCCCCCCCCCCCCCCCCCCCS(=O)(=O)[O-].[Na+]. The summed E-state index contributed by atoms with van der Waals surface area (Å²) in [4.78, 5) is 0. The topological polar surface area (TPSA) is 77.4 Å². The zero-order chi connectivity index (χ0) is 21.6. The first kappa shape index (κ1) is 33.0. The third kappa shape index (κ3) is 31.1. The molecule has 0 radical (unpaired) electrons. The van der Waals surface area contributed by atoms with Crippen LogP contribution < -0.4 is 29.6 Å². The molecule has 0 fully saturated rings. The fourth-order valence-corrected chi connectivity index (χ4v) is 4.46. The first-order valence-corrected chi connectivity index (χ1v) is 14.1. The Morgan fingerprint density at radius 1 is 0.567 bits per heavy atom. The number of unbranched alkanes of at least 4 members (excludes halogenated alkanes) is 19. The minimum Gasteiger partial charge on any atom is -0.748 e. The van der Waals surface area contributed by atoms with E-state index in [4.69, 9.17) is 0 Å². The summed E-state index contributed by atoms with van der Waals surface area (Å²) >= 11 is 0. The van der Waals surface area contributed by atoms with Crippen LogP contribution in [0.2, 0.25) is 0 Å². The van der Waals surface area contributed by atoms with E-state index < -0.39 is 10.1 Å². The van der Waals surface area contributed by atoms with Gasteiger partial charge in [0, 0.05) is 5.75 Å². The molecule has 0 aliphatic rings. The molecule has 0 bridgehead atoms. The Kier molecular flexibility index (Phi) is 27.0. The molecule has 0 saturated carbocycles. The molecule has 1 atom stereocenters. The Morgan fingerprint density at radius 2 is 0.800 bits per heavy atom. The van der Waals surface area contributed by atoms with E-state index in [1.165, 1.54) is 109 Å². The fourth-order valence-electron chi connectivity index (χ4n) is 3.90. The number of aliphatic hydroxyl groups is 1. The van der Waals surface area contributed by atoms with Crippen LogP contribution >= 0.6 is 0 Å². The van der Waals surface area contributed by atoms with Crippen molar-refractivity contribution in [2.45, 2.75) is 148 Å². The summed E-state index contributed by atoms with van der Waals surface area (Å²) in [6.07, 6.45) is 25.9. The van der Waals surface area contributed by atoms with E-state index in [1.54, 1.807) is 0 Å². The summed E-state index contributed by atoms with van der Waals surface area (Å²) in [6.45, 7) is 1.88. The summed E-state index contributed by atoms with van der Waals surface area (Å²) in [5.74, 6) is -0.196. The predicted octanol–water partition coefficient (Wildman–Crippen LogP) is 4.11. The van der Waals surface area contributed by atoms with Gasteiger partial charge in [-0.25, -0.2) is 8.42 Å². The summed E-state index contributed by atoms with van der Waals surface area (Å²) in [5.41, 5.74) is 0. The van der Waals surface area contributed by atoms with Gasteiger partial charge < -0.3 is 9.66 Å². The van der Waals surface area contributed by atoms with Crippen molar-refractivity contribution in [1.82, 2.24) is 0 Å². The molecule has 0 aromatic carbocycles. The quantitative estimate of drug-likeness (QED) is 0.143. The van der Waals surface area contributed by atoms with Crippen LogP contribution in [0.5, 0.6) is 0 Å². The van der Waals surface area contributed by atoms with Crippen LogP contribution in [0.3, 0.4) is 0 Å². The maximum absolute atomic E-state index is 10.5. The molecule has 4 nitrogen and oxygen atoms in total. The number of aliphatic hydroxyl groups excluding tert-OH is 1. The van der Waals surface area contributed by atoms with Crippen molar-refractivity contribution in [1.29, 1.82) is 0 Å². The number of rotatable bonds is 23. The van der Waals surface area contributed by atoms with Crippen LogP contribution in [0.15, 0.2) is 0 Å². The van der Waals surface area contributed by atoms with E-state index in [2.05, 4.69) is 0 Å². The van der Waals surface area contributed by atoms with Crippen LogP contribution in [-0.4, -0.2) is 29.9 Å². The third-order valence-corrected chi connectivity index (χ3v) is 6.55. The van der Waals surface area contributed by atoms with E-state index in [0.29, 0.717) is 6.42 Å². The maximum Gasteiger partial charge on any atom is 1.00 e. The van der Waals surface area contributed by atoms with E-state index in [0.717, 1.165) is 19.3 Å². The molecule has 0 aromatic heterocycles. The Bertz CT molecular complexity index is 427. The molecule has 0 aromatic rings. The Hall–Kier alpha value is 0.870. The van der Waals surface area contributed by atoms with Gasteiger partial charge in [-0.2, -0.15) is 0 Å². The minimum absolute atomic E-state index is 0. The summed E-state index contributed by atoms with van der Waals surface area (Å²) in [7, 11) is -4.01. The third-order valence-electron chi connectivity index (χ3n) is 5.77. The first-order chi connectivity index (χ1) is 13.9. The monoisotopic (exact) mass is 456 g/mol. The van der Waals surface area contributed by atoms with Gasteiger partial charge in [0.2, 0.25) is 0 Å². The van der Waals surface area contributed by atoms with Gasteiger partial charge in [-0.05, 0) is 19.8 Å². The van der Waals surface area contributed by atoms with E-state index >= 15 is 0 Å². The fraction of sp³-hybridized carbons (Fsp3) is 1.00. The standard InChI is InChI=1S/C24H50O4S.Na/c1-24(25)22-20-18-16-14-12-10-8-6-4-2-3-5-7-9-11-13-15-17-19-21-23-29(26,27)28;/h24-25H,2-23H2,1H3,(H,26,27,28);/q;+1/p-1. The van der Waals surface area contributed by atoms with Gasteiger partial charge >= 0.3 is 29.6 Å². The molecule has 0 aliphatic heterocycles. The molecule has 0 rings (SSSR count). The van der Waals surface area contributed by atoms with Crippen LogP contribution in [0.1, 0.15) is 142 Å². The van der Waals surface area contributed by atoms with E-state index in [9.17, 15) is 18.1 Å². The Labute approximate surface area is 210 Å². The molecular weight excluding hydrogens is 407 g/mol. The normalized spacial score (nSPS) is 12.6. The molecule has 176 valence electrons. The van der Waals surface area contributed by atoms with E-state index in [-0.39, 0.29) is 41.4 Å². The summed E-state index contributed by atoms with van der Waals surface area (Å²) < 4.78 is 31.5. The smallest absolute Gasteiger partial charge is 0.748 e. The van der Waals surface area contributed by atoms with Crippen LogP contribution in [0, 0.1) is 0 Å². The van der Waals surface area contributed by atoms with Crippen molar-refractivity contribution >= 4 is 10.1 Å². The van der Waals surface area contributed by atoms with Crippen LogP contribution in [0.25, 0.3) is 0 Å². The molecule has 30 heavy (non-hydrogen) atoms. The van der Waals surface area contributed by atoms with Gasteiger partial charge in [0.05, 0.1) is 16.2 Å². The Morgan fingerprint density at radius 3 is 1.03 bits per heavy atom. The molecule has 6 heteroatoms. The largest absolute Gasteiger partial charge is 1.00 e. The van der Waals surface area contributed by atoms with Gasteiger partial charge in [0.25, 0.3) is 0 Å². The summed E-state index contributed by atoms with van der Waals surface area (Å²) in [6, 6.07) is 0. The van der Waals surface area contributed by atoms with Gasteiger partial charge in [0.15, 0.2) is 0 Å². The molecule has 0 aliphatic carbocycles. The molecule has 0 heterocycles. The average molecular weight is 457 g/mol. The zero-order valence-corrected chi connectivity index (χ0v) is 23.0. The molecule has 0 saturated heterocycles. The molecule has 1 N–H and O–H groups in total. The van der Waals surface area contributed by atoms with Crippen molar-refractivity contribution in [3.05, 3.63) is 0 Å². The van der Waals surface area contributed by atoms with E-state index in [1.807, 2.05) is 6.92 Å². The van der Waals surface area contributed by atoms with Crippen molar-refractivity contribution in [3.63, 3.8) is 0 Å². The molecular formula is C24H49NaO4S. The number of hydrogen-bond donors (Lipinski definition) is 1. The molecule has 0 amide bonds. The van der Waals surface area contributed by atoms with Crippen molar-refractivity contribution in [2.24, 2.45) is 0 Å². The first-order valence-electron chi connectivity index (χ1n) is 12.5. The zero-order valence-electron chi connectivity index (χ0n) is 20.2. The van der Waals surface area contributed by atoms with Crippen molar-refractivity contribution in [2.75, 3.05) is 5.75 Å². The van der Waals surface area contributed by atoms with Crippen LogP contribution in [0.4, 0.5) is 0 Å². The second-order valence-corrected chi connectivity index (χ2v) is 10.5. The second-order valence-electron chi connectivity index (χ2n) is 8.97. The molecule has 0 spiro atoms. The maximum atomic E-state index is 10.5. The van der Waals surface area contributed by atoms with Gasteiger partial charge in [-0.15, -0.1) is 0 Å². The second kappa shape index (κ2) is 24.5. The molecule has 1 unspecified atom stereocenters. The number of hydrogen-bond acceptors (Lipinski definition) is 4. The van der Waals surface area contributed by atoms with Crippen molar-refractivity contribution in [3.8, 4) is 0 Å². The van der Waals surface area contributed by atoms with Crippen LogP contribution in [-0.2, 0) is 10.1 Å². The van der Waals surface area contributed by atoms with Crippen molar-refractivity contribution < 1.29 is 47.6 Å². The predicted molar refractivity (Wildman–Crippen MR) is 123 cm³/mol. The van der Waals surface area contributed by atoms with Gasteiger partial charge in [0.1, 0.15) is 0 Å². The van der Waals surface area contributed by atoms with Gasteiger partial charge in [-0.1, -0.05) is 122 Å². The minimum atomic E-state index is -4.01. The summed E-state index contributed by atoms with van der Waals surface area (Å²) in [5, 5.41) is 9.21.